The van der Waals surface area contributed by atoms with Crippen molar-refractivity contribution >= 4 is 17.8 Å². The third-order valence-corrected chi connectivity index (χ3v) is 5.69. The first-order valence-corrected chi connectivity index (χ1v) is 8.73. The summed E-state index contributed by atoms with van der Waals surface area (Å²) in [7, 11) is 7.12. The summed E-state index contributed by atoms with van der Waals surface area (Å²) in [6.07, 6.45) is 0. The van der Waals surface area contributed by atoms with Gasteiger partial charge in [0.25, 0.3) is 0 Å². The Morgan fingerprint density at radius 1 is 1.04 bits per heavy atom. The molecule has 1 aromatic rings. The van der Waals surface area contributed by atoms with Crippen molar-refractivity contribution in [2.24, 2.45) is 11.8 Å². The summed E-state index contributed by atoms with van der Waals surface area (Å²) >= 11 is 0. The number of carbonyl (C=O) groups excluding carboxylic acids is 3. The molecule has 0 radical (unpaired) electrons. The normalized spacial score (nSPS) is 28.9. The number of amides is 2. The summed E-state index contributed by atoms with van der Waals surface area (Å²) in [6.45, 7) is 1.58. The molecule has 0 aliphatic carbocycles. The highest BCUT2D eigenvalue weighted by Crippen LogP contribution is 2.52. The van der Waals surface area contributed by atoms with E-state index >= 15 is 0 Å². The average molecular weight is 392 g/mol. The number of fused-ring (bicyclic) bond motifs is 1. The molecule has 2 heterocycles. The van der Waals surface area contributed by atoms with Crippen LogP contribution in [0.2, 0.25) is 0 Å². The molecule has 2 fully saturated rings. The fourth-order valence-corrected chi connectivity index (χ4v) is 4.32. The molecule has 2 saturated heterocycles. The van der Waals surface area contributed by atoms with Gasteiger partial charge in [-0.25, -0.2) is 0 Å². The van der Waals surface area contributed by atoms with Crippen LogP contribution in [0.25, 0.3) is 0 Å². The number of methoxy groups -OCH3 is 4. The summed E-state index contributed by atoms with van der Waals surface area (Å²) in [4.78, 5) is 39.3. The molecule has 9 heteroatoms. The van der Waals surface area contributed by atoms with Crippen molar-refractivity contribution in [1.82, 2.24) is 10.2 Å². The third-order valence-electron chi connectivity index (χ3n) is 5.69. The highest BCUT2D eigenvalue weighted by molar-refractivity contribution is 6.09. The summed E-state index contributed by atoms with van der Waals surface area (Å²) in [5, 5.41) is 3.16. The molecule has 2 aliphatic heterocycles. The topological polar surface area (TPSA) is 103 Å². The number of benzene rings is 1. The van der Waals surface area contributed by atoms with Gasteiger partial charge >= 0.3 is 5.97 Å². The zero-order chi connectivity index (χ0) is 20.8. The second-order valence-corrected chi connectivity index (χ2v) is 6.98. The minimum Gasteiger partial charge on any atom is -0.493 e. The van der Waals surface area contributed by atoms with E-state index in [0.29, 0.717) is 22.8 Å². The number of nitrogens with zero attached hydrogens (tertiary/aromatic N) is 1. The fourth-order valence-electron chi connectivity index (χ4n) is 4.32. The number of carbonyl (C=O) groups is 3. The Labute approximate surface area is 162 Å². The number of imide groups is 1. The van der Waals surface area contributed by atoms with E-state index in [9.17, 15) is 14.4 Å². The van der Waals surface area contributed by atoms with Gasteiger partial charge in [-0.3, -0.25) is 24.6 Å². The van der Waals surface area contributed by atoms with Crippen molar-refractivity contribution in [2.75, 3.05) is 35.5 Å². The van der Waals surface area contributed by atoms with Crippen LogP contribution in [0, 0.1) is 11.8 Å². The second kappa shape index (κ2) is 6.97. The smallest absolute Gasteiger partial charge is 0.326 e. The van der Waals surface area contributed by atoms with Crippen molar-refractivity contribution in [3.63, 3.8) is 0 Å². The Balaban J connectivity index is 2.19. The number of ether oxygens (including phenoxy) is 4. The minimum absolute atomic E-state index is 0.359. The van der Waals surface area contributed by atoms with E-state index in [1.165, 1.54) is 35.5 Å². The SMILES string of the molecule is COC(=O)[C@@]1(C)N[C@@H](c2ccc(OC)c(OC)c2OC)[C@H]2C(=O)N(C)C(=O)[C@H]21. The summed E-state index contributed by atoms with van der Waals surface area (Å²) in [6, 6.07) is 2.76. The third kappa shape index (κ3) is 2.53. The molecule has 2 aliphatic rings. The molecule has 1 aromatic carbocycles. The van der Waals surface area contributed by atoms with Gasteiger partial charge in [-0.1, -0.05) is 0 Å². The second-order valence-electron chi connectivity index (χ2n) is 6.98. The van der Waals surface area contributed by atoms with Gasteiger partial charge in [0.1, 0.15) is 5.54 Å². The molecule has 2 amide bonds. The van der Waals surface area contributed by atoms with Crippen LogP contribution in [-0.4, -0.2) is 63.7 Å². The molecule has 0 saturated carbocycles. The van der Waals surface area contributed by atoms with Crippen molar-refractivity contribution < 1.29 is 33.3 Å². The first-order chi connectivity index (χ1) is 13.3. The molecule has 0 aromatic heterocycles. The maximum absolute atomic E-state index is 12.9. The Hall–Kier alpha value is -2.81. The number of hydrogen-bond donors (Lipinski definition) is 1. The lowest BCUT2D eigenvalue weighted by atomic mass is 9.80. The number of rotatable bonds is 5. The minimum atomic E-state index is -1.36. The lowest BCUT2D eigenvalue weighted by Gasteiger charge is -2.28. The molecule has 0 spiro atoms. The molecule has 0 unspecified atom stereocenters. The van der Waals surface area contributed by atoms with Crippen LogP contribution < -0.4 is 19.5 Å². The van der Waals surface area contributed by atoms with Gasteiger partial charge in [0, 0.05) is 18.7 Å². The van der Waals surface area contributed by atoms with E-state index < -0.39 is 35.3 Å². The van der Waals surface area contributed by atoms with E-state index in [1.807, 2.05) is 0 Å². The largest absolute Gasteiger partial charge is 0.493 e. The van der Waals surface area contributed by atoms with Gasteiger partial charge in [-0.15, -0.1) is 0 Å². The van der Waals surface area contributed by atoms with Gasteiger partial charge < -0.3 is 18.9 Å². The summed E-state index contributed by atoms with van der Waals surface area (Å²) < 4.78 is 21.2. The number of esters is 1. The van der Waals surface area contributed by atoms with Crippen molar-refractivity contribution in [3.05, 3.63) is 17.7 Å². The first-order valence-electron chi connectivity index (χ1n) is 8.73. The van der Waals surface area contributed by atoms with E-state index in [0.717, 1.165) is 4.90 Å². The summed E-state index contributed by atoms with van der Waals surface area (Å²) in [5.74, 6) is -1.89. The fraction of sp³-hybridized carbons (Fsp3) is 0.526. The predicted molar refractivity (Wildman–Crippen MR) is 97.2 cm³/mol. The van der Waals surface area contributed by atoms with Gasteiger partial charge in [0.2, 0.25) is 17.6 Å². The average Bonchev–Trinajstić information content (AvgIpc) is 3.14. The van der Waals surface area contributed by atoms with Gasteiger partial charge in [-0.2, -0.15) is 0 Å². The van der Waals surface area contributed by atoms with Crippen LogP contribution in [0.1, 0.15) is 18.5 Å². The monoisotopic (exact) mass is 392 g/mol. The van der Waals surface area contributed by atoms with Gasteiger partial charge in [0.15, 0.2) is 11.5 Å². The Morgan fingerprint density at radius 3 is 2.21 bits per heavy atom. The van der Waals surface area contributed by atoms with E-state index in [1.54, 1.807) is 19.1 Å². The molecule has 28 heavy (non-hydrogen) atoms. The van der Waals surface area contributed by atoms with Gasteiger partial charge in [0.05, 0.1) is 40.3 Å². The van der Waals surface area contributed by atoms with E-state index in [4.69, 9.17) is 18.9 Å². The molecule has 1 N–H and O–H groups in total. The number of nitrogens with one attached hydrogen (secondary N) is 1. The zero-order valence-electron chi connectivity index (χ0n) is 16.7. The molecule has 152 valence electrons. The lowest BCUT2D eigenvalue weighted by molar-refractivity contribution is -0.152. The molecule has 3 rings (SSSR count). The highest BCUT2D eigenvalue weighted by Gasteiger charge is 2.66. The Kier molecular flexibility index (Phi) is 4.97. The van der Waals surface area contributed by atoms with Crippen LogP contribution in [0.4, 0.5) is 0 Å². The molecule has 4 atom stereocenters. The lowest BCUT2D eigenvalue weighted by Crippen LogP contribution is -2.53. The molecular formula is C19H24N2O7. The number of hydrogen-bond acceptors (Lipinski definition) is 8. The Bertz CT molecular complexity index is 840. The maximum Gasteiger partial charge on any atom is 0.326 e. The van der Waals surface area contributed by atoms with E-state index in [-0.39, 0.29) is 5.91 Å². The van der Waals surface area contributed by atoms with Crippen molar-refractivity contribution in [2.45, 2.75) is 18.5 Å². The van der Waals surface area contributed by atoms with Crippen LogP contribution in [0.5, 0.6) is 17.2 Å². The molecule has 9 nitrogen and oxygen atoms in total. The van der Waals surface area contributed by atoms with Crippen LogP contribution in [0.3, 0.4) is 0 Å². The Morgan fingerprint density at radius 2 is 1.68 bits per heavy atom. The van der Waals surface area contributed by atoms with Crippen LogP contribution in [0.15, 0.2) is 12.1 Å². The highest BCUT2D eigenvalue weighted by atomic mass is 16.5. The number of likely N-dealkylation sites (tertiary alicyclic amines) is 1. The quantitative estimate of drug-likeness (QED) is 0.571. The first kappa shape index (κ1) is 19.9. The van der Waals surface area contributed by atoms with E-state index in [2.05, 4.69) is 5.32 Å². The molecule has 0 bridgehead atoms. The summed E-state index contributed by atoms with van der Waals surface area (Å²) in [5.41, 5.74) is -0.779. The van der Waals surface area contributed by atoms with Crippen LogP contribution in [-0.2, 0) is 19.1 Å². The standard InChI is InChI=1S/C19H24N2O7/c1-19(18(24)28-6)12-11(16(22)21(2)17(12)23)13(20-19)9-7-8-10(25-3)15(27-5)14(9)26-4/h7-8,11-13,20H,1-6H3/t11-,12-,13-,19-/m0/s1. The maximum atomic E-state index is 12.9. The van der Waals surface area contributed by atoms with Crippen molar-refractivity contribution in [1.29, 1.82) is 0 Å². The predicted octanol–water partition coefficient (Wildman–Crippen LogP) is 0.519. The van der Waals surface area contributed by atoms with Gasteiger partial charge in [-0.05, 0) is 19.1 Å². The zero-order valence-corrected chi connectivity index (χ0v) is 16.7. The van der Waals surface area contributed by atoms with Crippen molar-refractivity contribution in [3.8, 4) is 17.2 Å². The van der Waals surface area contributed by atoms with Crippen LogP contribution >= 0.6 is 0 Å². The molecular weight excluding hydrogens is 368 g/mol.